The van der Waals surface area contributed by atoms with Crippen molar-refractivity contribution >= 4 is 23.9 Å². The smallest absolute Gasteiger partial charge is 0.212 e. The van der Waals surface area contributed by atoms with Gasteiger partial charge >= 0.3 is 0 Å². The number of aliphatic carboxylic acids is 1. The number of carboxylic acid groups (broad SMARTS) is 1. The monoisotopic (exact) mass is 385 g/mol. The zero-order chi connectivity index (χ0) is 19.0. The van der Waals surface area contributed by atoms with Gasteiger partial charge in [0, 0.05) is 11.7 Å². The van der Waals surface area contributed by atoms with Gasteiger partial charge in [0.2, 0.25) is 5.16 Å². The van der Waals surface area contributed by atoms with Gasteiger partial charge in [0.1, 0.15) is 17.3 Å². The molecule has 3 heterocycles. The molecule has 0 N–H and O–H groups in total. The van der Waals surface area contributed by atoms with E-state index in [0.717, 1.165) is 29.5 Å². The predicted octanol–water partition coefficient (Wildman–Crippen LogP) is 2.29. The van der Waals surface area contributed by atoms with Gasteiger partial charge < -0.3 is 18.7 Å². The van der Waals surface area contributed by atoms with Crippen molar-refractivity contribution in [1.82, 2.24) is 14.9 Å². The molecule has 9 heteroatoms. The number of hydrogen-bond donors (Lipinski definition) is 0. The zero-order valence-corrected chi connectivity index (χ0v) is 15.6. The minimum atomic E-state index is -1.19. The molecule has 3 aromatic rings. The van der Waals surface area contributed by atoms with E-state index in [4.69, 9.17) is 8.83 Å². The largest absolute Gasteiger partial charge is 0.549 e. The highest BCUT2D eigenvalue weighted by Gasteiger charge is 2.36. The Morgan fingerprint density at radius 2 is 2.26 bits per heavy atom. The van der Waals surface area contributed by atoms with E-state index >= 15 is 0 Å². The lowest BCUT2D eigenvalue weighted by Gasteiger charge is -2.04. The van der Waals surface area contributed by atoms with Crippen molar-refractivity contribution in [2.45, 2.75) is 31.3 Å². The third-order valence-corrected chi connectivity index (χ3v) is 5.35. The average Bonchev–Trinajstić information content (AvgIpc) is 3.03. The van der Waals surface area contributed by atoms with Gasteiger partial charge in [-0.15, -0.1) is 10.2 Å². The Balaban J connectivity index is 1.64. The van der Waals surface area contributed by atoms with E-state index in [2.05, 4.69) is 22.2 Å². The molecule has 2 atom stereocenters. The van der Waals surface area contributed by atoms with E-state index in [0.29, 0.717) is 34.3 Å². The van der Waals surface area contributed by atoms with Crippen LogP contribution >= 0.6 is 11.8 Å². The van der Waals surface area contributed by atoms with Crippen molar-refractivity contribution < 1.29 is 18.7 Å². The molecule has 1 fully saturated rings. The predicted molar refractivity (Wildman–Crippen MR) is 96.4 cm³/mol. The molecule has 0 amide bonds. The number of aromatic nitrogens is 3. The quantitative estimate of drug-likeness (QED) is 0.453. The number of carbonyl (C=O) groups excluding carboxylic acids is 1. The maximum absolute atomic E-state index is 10.8. The lowest BCUT2D eigenvalue weighted by Crippen LogP contribution is -2.24. The number of carboxylic acids is 1. The Bertz CT molecular complexity index is 1000. The van der Waals surface area contributed by atoms with Crippen LogP contribution in [0.3, 0.4) is 0 Å². The first-order valence-electron chi connectivity index (χ1n) is 8.49. The molecule has 1 saturated carbocycles. The van der Waals surface area contributed by atoms with Crippen LogP contribution in [0.1, 0.15) is 36.5 Å². The Hall–Kier alpha value is -2.81. The molecule has 3 aromatic heterocycles. The fourth-order valence-electron chi connectivity index (χ4n) is 2.84. The normalized spacial score (nSPS) is 19.0. The maximum Gasteiger partial charge on any atom is 0.212 e. The summed E-state index contributed by atoms with van der Waals surface area (Å²) >= 11 is 0.987. The lowest BCUT2D eigenvalue weighted by atomic mass is 10.2. The van der Waals surface area contributed by atoms with Crippen LogP contribution in [0.2, 0.25) is 0 Å². The molecule has 0 aromatic carbocycles. The van der Waals surface area contributed by atoms with Gasteiger partial charge in [-0.25, -0.2) is 0 Å². The van der Waals surface area contributed by atoms with E-state index in [9.17, 15) is 9.90 Å². The molecule has 8 nitrogen and oxygen atoms in total. The number of thioether (sulfide) groups is 1. The minimum Gasteiger partial charge on any atom is -0.549 e. The SMILES string of the molecule is Cc1occc1-c1nnc(SCC(=O)[O-])n1/N=C\c1ccc([C@H]2C[C@H]2C)o1. The van der Waals surface area contributed by atoms with Crippen molar-refractivity contribution in [3.63, 3.8) is 0 Å². The summed E-state index contributed by atoms with van der Waals surface area (Å²) in [4.78, 5) is 10.8. The van der Waals surface area contributed by atoms with Gasteiger partial charge in [0.05, 0.1) is 24.0 Å². The van der Waals surface area contributed by atoms with Gasteiger partial charge in [-0.2, -0.15) is 9.78 Å². The van der Waals surface area contributed by atoms with Gasteiger partial charge in [0.15, 0.2) is 5.82 Å². The molecule has 0 aliphatic heterocycles. The summed E-state index contributed by atoms with van der Waals surface area (Å²) in [6.07, 6.45) is 4.27. The third-order valence-electron chi connectivity index (χ3n) is 4.45. The van der Waals surface area contributed by atoms with E-state index in [1.165, 1.54) is 4.68 Å². The molecule has 0 unspecified atom stereocenters. The first-order valence-corrected chi connectivity index (χ1v) is 9.48. The Labute approximate surface area is 159 Å². The second-order valence-corrected chi connectivity index (χ2v) is 7.42. The molecule has 1 aliphatic carbocycles. The van der Waals surface area contributed by atoms with Crippen LogP contribution in [0.4, 0.5) is 0 Å². The fourth-order valence-corrected chi connectivity index (χ4v) is 3.44. The summed E-state index contributed by atoms with van der Waals surface area (Å²) in [5.74, 6) is 2.41. The molecule has 0 saturated heterocycles. The van der Waals surface area contributed by atoms with Gasteiger partial charge in [-0.3, -0.25) is 0 Å². The van der Waals surface area contributed by atoms with Crippen LogP contribution in [-0.2, 0) is 4.79 Å². The molecular formula is C18H17N4O4S-. The first-order chi connectivity index (χ1) is 13.0. The van der Waals surface area contributed by atoms with E-state index in [1.54, 1.807) is 18.5 Å². The Morgan fingerprint density at radius 3 is 2.93 bits per heavy atom. The molecular weight excluding hydrogens is 368 g/mol. The molecule has 0 spiro atoms. The molecule has 140 valence electrons. The standard InChI is InChI=1S/C18H18N4O4S/c1-10-7-14(10)15-4-3-12(26-15)8-19-22-17(13-5-6-25-11(13)2)20-21-18(22)27-9-16(23)24/h3-6,8,10,14H,7,9H2,1-2H3,(H,23,24)/p-1/b19-8-/t10-,14+/m1/s1. The summed E-state index contributed by atoms with van der Waals surface area (Å²) in [6.45, 7) is 4.00. The molecule has 1 aliphatic rings. The van der Waals surface area contributed by atoms with Crippen LogP contribution in [0.15, 0.2) is 43.6 Å². The first kappa shape index (κ1) is 17.6. The van der Waals surface area contributed by atoms with Gasteiger partial charge in [0.25, 0.3) is 0 Å². The van der Waals surface area contributed by atoms with Crippen molar-refractivity contribution in [3.8, 4) is 11.4 Å². The summed E-state index contributed by atoms with van der Waals surface area (Å²) in [7, 11) is 0. The summed E-state index contributed by atoms with van der Waals surface area (Å²) < 4.78 is 12.6. The Morgan fingerprint density at radius 1 is 1.44 bits per heavy atom. The van der Waals surface area contributed by atoms with Crippen molar-refractivity contribution in [2.75, 3.05) is 5.75 Å². The fraction of sp³-hybridized carbons (Fsp3) is 0.333. The van der Waals surface area contributed by atoms with E-state index < -0.39 is 5.97 Å². The number of nitrogens with zero attached hydrogens (tertiary/aromatic N) is 4. The second-order valence-electron chi connectivity index (χ2n) is 6.47. The summed E-state index contributed by atoms with van der Waals surface area (Å²) in [6, 6.07) is 5.59. The average molecular weight is 385 g/mol. The zero-order valence-electron chi connectivity index (χ0n) is 14.8. The van der Waals surface area contributed by atoms with Crippen molar-refractivity contribution in [2.24, 2.45) is 11.0 Å². The van der Waals surface area contributed by atoms with Crippen LogP contribution in [0.25, 0.3) is 11.4 Å². The number of furan rings is 2. The van der Waals surface area contributed by atoms with Crippen molar-refractivity contribution in [3.05, 3.63) is 41.7 Å². The van der Waals surface area contributed by atoms with Gasteiger partial charge in [-0.1, -0.05) is 18.7 Å². The highest BCUT2D eigenvalue weighted by molar-refractivity contribution is 7.99. The van der Waals surface area contributed by atoms with Crippen LogP contribution < -0.4 is 5.11 Å². The second kappa shape index (κ2) is 7.07. The maximum atomic E-state index is 10.8. The van der Waals surface area contributed by atoms with Crippen LogP contribution in [-0.4, -0.2) is 32.8 Å². The van der Waals surface area contributed by atoms with E-state index in [-0.39, 0.29) is 5.75 Å². The lowest BCUT2D eigenvalue weighted by molar-refractivity contribution is -0.301. The van der Waals surface area contributed by atoms with E-state index in [1.807, 2.05) is 19.1 Å². The molecule has 0 bridgehead atoms. The number of aryl methyl sites for hydroxylation is 1. The molecule has 0 radical (unpaired) electrons. The Kier molecular flexibility index (Phi) is 4.61. The summed E-state index contributed by atoms with van der Waals surface area (Å²) in [5.41, 5.74) is 0.729. The highest BCUT2D eigenvalue weighted by Crippen LogP contribution is 2.47. The number of carbonyl (C=O) groups is 1. The topological polar surface area (TPSA) is 109 Å². The number of hydrogen-bond acceptors (Lipinski definition) is 8. The minimum absolute atomic E-state index is 0.248. The van der Waals surface area contributed by atoms with Crippen molar-refractivity contribution in [1.29, 1.82) is 0 Å². The molecule has 27 heavy (non-hydrogen) atoms. The third kappa shape index (κ3) is 3.68. The van der Waals surface area contributed by atoms with Crippen LogP contribution in [0, 0.1) is 12.8 Å². The van der Waals surface area contributed by atoms with Crippen LogP contribution in [0.5, 0.6) is 0 Å². The highest BCUT2D eigenvalue weighted by atomic mass is 32.2. The van der Waals surface area contributed by atoms with Gasteiger partial charge in [-0.05, 0) is 37.5 Å². The summed E-state index contributed by atoms with van der Waals surface area (Å²) in [5, 5.41) is 23.7. The molecule has 4 rings (SSSR count). The number of rotatable bonds is 7.